The summed E-state index contributed by atoms with van der Waals surface area (Å²) in [6.07, 6.45) is 85.0. The van der Waals surface area contributed by atoms with E-state index in [1.54, 1.807) is 0 Å². The first-order chi connectivity index (χ1) is 37.5. The van der Waals surface area contributed by atoms with Gasteiger partial charge in [0.05, 0.1) is 0 Å². The Morgan fingerprint density at radius 1 is 0.276 bits per heavy atom. The average molecular weight is 1060 g/mol. The Labute approximate surface area is 471 Å². The van der Waals surface area contributed by atoms with Crippen LogP contribution in [0.3, 0.4) is 0 Å². The Bertz CT molecular complexity index is 1450. The van der Waals surface area contributed by atoms with Crippen LogP contribution in [0.2, 0.25) is 0 Å². The van der Waals surface area contributed by atoms with E-state index >= 15 is 0 Å². The predicted octanol–water partition coefficient (Wildman–Crippen LogP) is 22.3. The third-order valence-electron chi connectivity index (χ3n) is 14.1. The van der Waals surface area contributed by atoms with Crippen molar-refractivity contribution in [3.05, 3.63) is 85.1 Å². The Kier molecular flexibility index (Phi) is 61.2. The largest absolute Gasteiger partial charge is 0.462 e. The number of hydrogen-bond acceptors (Lipinski definition) is 6. The second kappa shape index (κ2) is 64.1. The fraction of sp³-hybridized carbons (Fsp3) is 0.757. The Hall–Kier alpha value is -3.41. The molecule has 0 amide bonds. The summed E-state index contributed by atoms with van der Waals surface area (Å²) in [5, 5.41) is 0. The van der Waals surface area contributed by atoms with E-state index < -0.39 is 6.10 Å². The third kappa shape index (κ3) is 61.4. The minimum Gasteiger partial charge on any atom is -0.462 e. The molecule has 1 atom stereocenters. The molecule has 1 unspecified atom stereocenters. The molecular formula is C70H122O6. The number of esters is 3. The third-order valence-corrected chi connectivity index (χ3v) is 14.1. The number of carbonyl (C=O) groups excluding carboxylic acids is 3. The number of ether oxygens (including phenoxy) is 3. The summed E-state index contributed by atoms with van der Waals surface area (Å²) < 4.78 is 16.8. The zero-order valence-corrected chi connectivity index (χ0v) is 50.3. The first kappa shape index (κ1) is 72.6. The molecule has 0 bridgehead atoms. The van der Waals surface area contributed by atoms with Crippen LogP contribution in [0.4, 0.5) is 0 Å². The minimum absolute atomic E-state index is 0.0779. The second-order valence-electron chi connectivity index (χ2n) is 21.6. The molecule has 0 radical (unpaired) electrons. The van der Waals surface area contributed by atoms with Crippen LogP contribution in [0, 0.1) is 0 Å². The molecule has 0 saturated heterocycles. The molecule has 0 aliphatic carbocycles. The molecule has 0 N–H and O–H groups in total. The number of carbonyl (C=O) groups is 3. The van der Waals surface area contributed by atoms with E-state index in [1.165, 1.54) is 173 Å². The van der Waals surface area contributed by atoms with E-state index in [9.17, 15) is 14.4 Å². The monoisotopic (exact) mass is 1060 g/mol. The summed E-state index contributed by atoms with van der Waals surface area (Å²) >= 11 is 0. The fourth-order valence-electron chi connectivity index (χ4n) is 9.27. The van der Waals surface area contributed by atoms with Gasteiger partial charge in [0.2, 0.25) is 0 Å². The summed E-state index contributed by atoms with van der Waals surface area (Å²) in [5.41, 5.74) is 0. The van der Waals surface area contributed by atoms with Crippen molar-refractivity contribution in [3.63, 3.8) is 0 Å². The van der Waals surface area contributed by atoms with Crippen LogP contribution in [0.25, 0.3) is 0 Å². The van der Waals surface area contributed by atoms with E-state index in [0.717, 1.165) is 109 Å². The summed E-state index contributed by atoms with van der Waals surface area (Å²) in [4.78, 5) is 38.0. The van der Waals surface area contributed by atoms with Crippen LogP contribution in [0.5, 0.6) is 0 Å². The lowest BCUT2D eigenvalue weighted by Gasteiger charge is -2.18. The highest BCUT2D eigenvalue weighted by molar-refractivity contribution is 5.71. The van der Waals surface area contributed by atoms with Crippen molar-refractivity contribution in [1.29, 1.82) is 0 Å². The quantitative estimate of drug-likeness (QED) is 0.0261. The highest BCUT2D eigenvalue weighted by Crippen LogP contribution is 2.17. The number of allylic oxidation sites excluding steroid dienone is 14. The van der Waals surface area contributed by atoms with Gasteiger partial charge in [-0.3, -0.25) is 14.4 Å². The van der Waals surface area contributed by atoms with E-state index in [4.69, 9.17) is 14.2 Å². The van der Waals surface area contributed by atoms with Crippen molar-refractivity contribution < 1.29 is 28.6 Å². The van der Waals surface area contributed by atoms with Gasteiger partial charge in [-0.2, -0.15) is 0 Å². The van der Waals surface area contributed by atoms with Gasteiger partial charge in [0.25, 0.3) is 0 Å². The first-order valence-corrected chi connectivity index (χ1v) is 32.6. The lowest BCUT2D eigenvalue weighted by Crippen LogP contribution is -2.30. The van der Waals surface area contributed by atoms with Crippen molar-refractivity contribution in [2.75, 3.05) is 13.2 Å². The molecule has 6 nitrogen and oxygen atoms in total. The Balaban J connectivity index is 3.99. The molecule has 0 rings (SSSR count). The molecule has 0 saturated carbocycles. The molecule has 438 valence electrons. The van der Waals surface area contributed by atoms with Crippen molar-refractivity contribution >= 4 is 17.9 Å². The molecule has 6 heteroatoms. The molecule has 0 aromatic rings. The van der Waals surface area contributed by atoms with Gasteiger partial charge in [-0.15, -0.1) is 0 Å². The zero-order chi connectivity index (χ0) is 55.0. The van der Waals surface area contributed by atoms with Crippen molar-refractivity contribution in [2.45, 2.75) is 329 Å². The van der Waals surface area contributed by atoms with Gasteiger partial charge in [-0.25, -0.2) is 0 Å². The minimum atomic E-state index is -0.778. The first-order valence-electron chi connectivity index (χ1n) is 32.6. The molecule has 0 aromatic carbocycles. The van der Waals surface area contributed by atoms with Crippen LogP contribution in [-0.4, -0.2) is 37.2 Å². The topological polar surface area (TPSA) is 78.9 Å². The molecule has 0 fully saturated rings. The molecule has 0 aliphatic rings. The van der Waals surface area contributed by atoms with Crippen LogP contribution in [-0.2, 0) is 28.6 Å². The van der Waals surface area contributed by atoms with Gasteiger partial charge in [0, 0.05) is 19.3 Å². The van der Waals surface area contributed by atoms with Crippen LogP contribution >= 0.6 is 0 Å². The highest BCUT2D eigenvalue weighted by Gasteiger charge is 2.19. The van der Waals surface area contributed by atoms with Gasteiger partial charge >= 0.3 is 17.9 Å². The smallest absolute Gasteiger partial charge is 0.306 e. The van der Waals surface area contributed by atoms with Gasteiger partial charge in [-0.05, 0) is 96.3 Å². The maximum absolute atomic E-state index is 12.8. The summed E-state index contributed by atoms with van der Waals surface area (Å²) in [5.74, 6) is -0.888. The van der Waals surface area contributed by atoms with Gasteiger partial charge in [-0.1, -0.05) is 292 Å². The average Bonchev–Trinajstić information content (AvgIpc) is 3.42. The lowest BCUT2D eigenvalue weighted by atomic mass is 10.0. The number of rotatable bonds is 59. The van der Waals surface area contributed by atoms with Crippen LogP contribution < -0.4 is 0 Å². The summed E-state index contributed by atoms with van der Waals surface area (Å²) in [6, 6.07) is 0. The maximum Gasteiger partial charge on any atom is 0.306 e. The summed E-state index contributed by atoms with van der Waals surface area (Å²) in [6.45, 7) is 6.46. The van der Waals surface area contributed by atoms with E-state index in [-0.39, 0.29) is 31.1 Å². The van der Waals surface area contributed by atoms with Gasteiger partial charge in [0.15, 0.2) is 6.10 Å². The number of hydrogen-bond donors (Lipinski definition) is 0. The van der Waals surface area contributed by atoms with Crippen molar-refractivity contribution in [1.82, 2.24) is 0 Å². The molecule has 0 heterocycles. The van der Waals surface area contributed by atoms with Crippen LogP contribution in [0.1, 0.15) is 323 Å². The van der Waals surface area contributed by atoms with Gasteiger partial charge in [0.1, 0.15) is 13.2 Å². The Morgan fingerprint density at radius 3 is 0.829 bits per heavy atom. The number of unbranched alkanes of at least 4 members (excludes halogenated alkanes) is 34. The van der Waals surface area contributed by atoms with E-state index in [2.05, 4.69) is 106 Å². The van der Waals surface area contributed by atoms with E-state index in [1.807, 2.05) is 0 Å². The summed E-state index contributed by atoms with van der Waals surface area (Å²) in [7, 11) is 0. The SMILES string of the molecule is CC/C=C\C/C=C\C/C=C\C/C=C\CCCCCCCCCCCCCCCCCCCCCCC(=O)OCC(COC(=O)CCCCCCCC)OC(=O)CCCCCCCC/C=C\C/C=C\C/C=C\CCCCC. The van der Waals surface area contributed by atoms with Crippen molar-refractivity contribution in [3.8, 4) is 0 Å². The van der Waals surface area contributed by atoms with Gasteiger partial charge < -0.3 is 14.2 Å². The van der Waals surface area contributed by atoms with E-state index in [0.29, 0.717) is 19.3 Å². The molecule has 76 heavy (non-hydrogen) atoms. The zero-order valence-electron chi connectivity index (χ0n) is 50.3. The molecular weight excluding hydrogens is 937 g/mol. The maximum atomic E-state index is 12.8. The fourth-order valence-corrected chi connectivity index (χ4v) is 9.27. The second-order valence-corrected chi connectivity index (χ2v) is 21.6. The highest BCUT2D eigenvalue weighted by atomic mass is 16.6. The standard InChI is InChI=1S/C70H122O6/c1-4-7-10-13-16-18-20-22-24-26-28-29-30-31-32-33-34-35-36-37-38-39-40-41-43-44-46-48-50-52-54-57-60-63-69(72)75-66-67(65-74-68(71)62-59-56-15-12-9-6-3)76-70(73)64-61-58-55-53-51-49-47-45-42-27-25-23-21-19-17-14-11-8-5-2/h7,10,16-19,22-25,28-29,42,45,67H,4-6,8-9,11-15,20-21,26-27,30-41,43-44,46-66H2,1-3H3/b10-7-,18-16-,19-17-,24-22-,25-23-,29-28-,45-42-. The van der Waals surface area contributed by atoms with Crippen molar-refractivity contribution in [2.24, 2.45) is 0 Å². The van der Waals surface area contributed by atoms with Crippen LogP contribution in [0.15, 0.2) is 85.1 Å². The lowest BCUT2D eigenvalue weighted by molar-refractivity contribution is -0.167. The predicted molar refractivity (Wildman–Crippen MR) is 330 cm³/mol. The Morgan fingerprint density at radius 2 is 0.513 bits per heavy atom. The molecule has 0 spiro atoms. The normalized spacial score (nSPS) is 12.6. The molecule has 0 aliphatic heterocycles. The molecule has 0 aromatic heterocycles.